The Bertz CT molecular complexity index is 987. The fourth-order valence-corrected chi connectivity index (χ4v) is 5.06. The predicted molar refractivity (Wildman–Crippen MR) is 98.7 cm³/mol. The summed E-state index contributed by atoms with van der Waals surface area (Å²) in [6.45, 7) is 11.5. The van der Waals surface area contributed by atoms with Gasteiger partial charge >= 0.3 is 0 Å². The van der Waals surface area contributed by atoms with Gasteiger partial charge in [0.2, 0.25) is 5.82 Å². The maximum absolute atomic E-state index is 5.99. The lowest BCUT2D eigenvalue weighted by Crippen LogP contribution is -3.12. The number of hydrogen-bond acceptors (Lipinski definition) is 6. The first kappa shape index (κ1) is 16.6. The van der Waals surface area contributed by atoms with Gasteiger partial charge in [-0.15, -0.1) is 16.4 Å². The molecule has 26 heavy (non-hydrogen) atoms. The highest BCUT2D eigenvalue weighted by atomic mass is 32.1. The molecule has 0 spiro atoms. The maximum atomic E-state index is 5.99. The number of morpholine rings is 1. The van der Waals surface area contributed by atoms with Crippen molar-refractivity contribution in [1.82, 2.24) is 19.6 Å². The second-order valence-electron chi connectivity index (χ2n) is 7.87. The Morgan fingerprint density at radius 3 is 2.85 bits per heavy atom. The molecule has 1 fully saturated rings. The van der Waals surface area contributed by atoms with Crippen LogP contribution in [-0.4, -0.2) is 51.5 Å². The van der Waals surface area contributed by atoms with Crippen molar-refractivity contribution in [3.8, 4) is 0 Å². The van der Waals surface area contributed by atoms with Crippen LogP contribution in [0.15, 0.2) is 0 Å². The Balaban J connectivity index is 1.63. The van der Waals surface area contributed by atoms with E-state index >= 15 is 0 Å². The normalized spacial score (nSPS) is 20.7. The van der Waals surface area contributed by atoms with Crippen LogP contribution in [0.5, 0.6) is 0 Å². The number of ether oxygens (including phenoxy) is 2. The van der Waals surface area contributed by atoms with Crippen molar-refractivity contribution in [2.75, 3.05) is 26.3 Å². The van der Waals surface area contributed by atoms with Crippen LogP contribution in [0, 0.1) is 6.92 Å². The first-order valence-electron chi connectivity index (χ1n) is 9.22. The van der Waals surface area contributed by atoms with Crippen LogP contribution in [-0.2, 0) is 29.0 Å². The molecule has 0 aromatic carbocycles. The molecule has 2 aliphatic rings. The highest BCUT2D eigenvalue weighted by molar-refractivity contribution is 7.19. The van der Waals surface area contributed by atoms with E-state index < -0.39 is 0 Å². The molecule has 138 valence electrons. The number of thiophene rings is 1. The summed E-state index contributed by atoms with van der Waals surface area (Å²) >= 11 is 1.74. The summed E-state index contributed by atoms with van der Waals surface area (Å²) in [5.41, 5.74) is 2.14. The van der Waals surface area contributed by atoms with Crippen molar-refractivity contribution in [1.29, 1.82) is 0 Å². The molecule has 3 aromatic heterocycles. The van der Waals surface area contributed by atoms with E-state index in [1.807, 2.05) is 11.4 Å². The molecule has 2 aliphatic heterocycles. The van der Waals surface area contributed by atoms with Gasteiger partial charge in [0.1, 0.15) is 30.3 Å². The molecule has 0 amide bonds. The highest BCUT2D eigenvalue weighted by Gasteiger charge is 2.31. The lowest BCUT2D eigenvalue weighted by molar-refractivity contribution is -0.922. The Kier molecular flexibility index (Phi) is 3.79. The van der Waals surface area contributed by atoms with Crippen molar-refractivity contribution in [3.05, 3.63) is 22.1 Å². The largest absolute Gasteiger partial charge is 0.370 e. The number of nitrogens with zero attached hydrogens (tertiary/aromatic N) is 4. The SMILES string of the molecule is Cc1nc2sc3c(c2c2nc(C[NH+]4CCOCC4)nn12)CC(C)(C)OC3. The summed E-state index contributed by atoms with van der Waals surface area (Å²) in [5.74, 6) is 1.78. The molecule has 0 saturated carbocycles. The van der Waals surface area contributed by atoms with Crippen molar-refractivity contribution in [2.45, 2.75) is 45.9 Å². The van der Waals surface area contributed by atoms with Gasteiger partial charge in [-0.3, -0.25) is 0 Å². The van der Waals surface area contributed by atoms with Gasteiger partial charge in [0, 0.05) is 11.3 Å². The average Bonchev–Trinajstić information content (AvgIpc) is 3.16. The number of fused-ring (bicyclic) bond motifs is 5. The average molecular weight is 374 g/mol. The fourth-order valence-electron chi connectivity index (χ4n) is 3.92. The van der Waals surface area contributed by atoms with Crippen molar-refractivity contribution in [3.63, 3.8) is 0 Å². The van der Waals surface area contributed by atoms with Crippen LogP contribution < -0.4 is 4.90 Å². The number of aryl methyl sites for hydroxylation is 1. The molecule has 0 bridgehead atoms. The number of quaternary nitrogens is 1. The third-order valence-corrected chi connectivity index (χ3v) is 6.42. The standard InChI is InChI=1S/C18H23N5O2S/c1-11-19-17-15(12-8-18(2,3)25-10-13(12)26-17)16-20-14(21-23(11)16)9-22-4-6-24-7-5-22/h4-10H2,1-3H3/p+1. The van der Waals surface area contributed by atoms with Crippen molar-refractivity contribution < 1.29 is 14.4 Å². The van der Waals surface area contributed by atoms with Crippen LogP contribution in [0.3, 0.4) is 0 Å². The molecule has 3 aromatic rings. The van der Waals surface area contributed by atoms with Crippen LogP contribution in [0.4, 0.5) is 0 Å². The van der Waals surface area contributed by atoms with Gasteiger partial charge in [0.05, 0.1) is 30.8 Å². The number of hydrogen-bond donors (Lipinski definition) is 1. The zero-order valence-electron chi connectivity index (χ0n) is 15.5. The monoisotopic (exact) mass is 374 g/mol. The molecule has 0 unspecified atom stereocenters. The highest BCUT2D eigenvalue weighted by Crippen LogP contribution is 2.39. The molecule has 1 N–H and O–H groups in total. The Hall–Kier alpha value is -1.61. The first-order valence-corrected chi connectivity index (χ1v) is 10.0. The second kappa shape index (κ2) is 5.95. The minimum absolute atomic E-state index is 0.149. The third kappa shape index (κ3) is 2.72. The molecule has 5 heterocycles. The zero-order chi connectivity index (χ0) is 17.9. The predicted octanol–water partition coefficient (Wildman–Crippen LogP) is 0.914. The van der Waals surface area contributed by atoms with Gasteiger partial charge in [0.25, 0.3) is 0 Å². The minimum atomic E-state index is -0.149. The van der Waals surface area contributed by atoms with E-state index in [1.54, 1.807) is 11.3 Å². The third-order valence-electron chi connectivity index (χ3n) is 5.32. The van der Waals surface area contributed by atoms with E-state index in [-0.39, 0.29) is 5.60 Å². The number of nitrogens with one attached hydrogen (secondary N) is 1. The molecule has 0 atom stereocenters. The van der Waals surface area contributed by atoms with E-state index in [4.69, 9.17) is 24.5 Å². The molecule has 0 radical (unpaired) electrons. The van der Waals surface area contributed by atoms with Crippen LogP contribution in [0.2, 0.25) is 0 Å². The fraction of sp³-hybridized carbons (Fsp3) is 0.611. The minimum Gasteiger partial charge on any atom is -0.370 e. The lowest BCUT2D eigenvalue weighted by Gasteiger charge is -2.30. The van der Waals surface area contributed by atoms with E-state index in [0.29, 0.717) is 6.61 Å². The number of aromatic nitrogens is 4. The Labute approximate surface area is 155 Å². The summed E-state index contributed by atoms with van der Waals surface area (Å²) in [7, 11) is 0. The van der Waals surface area contributed by atoms with Crippen LogP contribution >= 0.6 is 11.3 Å². The van der Waals surface area contributed by atoms with Crippen LogP contribution in [0.25, 0.3) is 15.9 Å². The van der Waals surface area contributed by atoms with E-state index in [0.717, 1.165) is 61.4 Å². The van der Waals surface area contributed by atoms with Gasteiger partial charge in [-0.1, -0.05) is 0 Å². The molecule has 1 saturated heterocycles. The summed E-state index contributed by atoms with van der Waals surface area (Å²) < 4.78 is 13.4. The van der Waals surface area contributed by atoms with Crippen molar-refractivity contribution >= 4 is 27.2 Å². The van der Waals surface area contributed by atoms with Gasteiger partial charge < -0.3 is 14.4 Å². The van der Waals surface area contributed by atoms with E-state index in [9.17, 15) is 0 Å². The summed E-state index contributed by atoms with van der Waals surface area (Å²) in [5, 5.41) is 5.95. The summed E-state index contributed by atoms with van der Waals surface area (Å²) in [6.07, 6.45) is 0.889. The Morgan fingerprint density at radius 1 is 1.23 bits per heavy atom. The molecule has 0 aliphatic carbocycles. The topological polar surface area (TPSA) is 66.0 Å². The molecular weight excluding hydrogens is 350 g/mol. The van der Waals surface area contributed by atoms with Gasteiger partial charge in [0.15, 0.2) is 5.65 Å². The van der Waals surface area contributed by atoms with Crippen molar-refractivity contribution in [2.24, 2.45) is 0 Å². The van der Waals surface area contributed by atoms with Gasteiger partial charge in [-0.25, -0.2) is 9.97 Å². The van der Waals surface area contributed by atoms with E-state index in [2.05, 4.69) is 13.8 Å². The summed E-state index contributed by atoms with van der Waals surface area (Å²) in [6, 6.07) is 0. The number of rotatable bonds is 2. The molecule has 5 rings (SSSR count). The zero-order valence-corrected chi connectivity index (χ0v) is 16.3. The summed E-state index contributed by atoms with van der Waals surface area (Å²) in [4.78, 5) is 13.6. The first-order chi connectivity index (χ1) is 12.5. The quantitative estimate of drug-likeness (QED) is 0.722. The van der Waals surface area contributed by atoms with Crippen LogP contribution in [0.1, 0.15) is 35.9 Å². The molecule has 8 heteroatoms. The van der Waals surface area contributed by atoms with Gasteiger partial charge in [-0.2, -0.15) is 4.52 Å². The molecule has 7 nitrogen and oxygen atoms in total. The molecular formula is C18H24N5O2S+. The maximum Gasteiger partial charge on any atom is 0.206 e. The Morgan fingerprint density at radius 2 is 2.04 bits per heavy atom. The van der Waals surface area contributed by atoms with Gasteiger partial charge in [-0.05, 0) is 26.3 Å². The smallest absolute Gasteiger partial charge is 0.206 e. The van der Waals surface area contributed by atoms with E-state index in [1.165, 1.54) is 20.7 Å². The second-order valence-corrected chi connectivity index (χ2v) is 8.95. The lowest BCUT2D eigenvalue weighted by atomic mass is 9.94.